The van der Waals surface area contributed by atoms with Crippen LogP contribution in [0.4, 0.5) is 0 Å². The van der Waals surface area contributed by atoms with Gasteiger partial charge in [-0.15, -0.1) is 23.7 Å². The predicted molar refractivity (Wildman–Crippen MR) is 98.5 cm³/mol. The zero-order chi connectivity index (χ0) is 15.9. The molecule has 24 heavy (non-hydrogen) atoms. The number of halogens is 1. The fourth-order valence-electron chi connectivity index (χ4n) is 4.60. The van der Waals surface area contributed by atoms with Crippen molar-refractivity contribution >= 4 is 29.7 Å². The van der Waals surface area contributed by atoms with Crippen molar-refractivity contribution in [1.29, 1.82) is 0 Å². The first-order chi connectivity index (χ1) is 11.2. The fourth-order valence-corrected chi connectivity index (χ4v) is 5.32. The highest BCUT2D eigenvalue weighted by Crippen LogP contribution is 2.59. The first-order valence-electron chi connectivity index (χ1n) is 8.92. The van der Waals surface area contributed by atoms with Crippen LogP contribution in [0.25, 0.3) is 0 Å². The van der Waals surface area contributed by atoms with Gasteiger partial charge in [0.2, 0.25) is 5.91 Å². The van der Waals surface area contributed by atoms with Crippen LogP contribution in [0.1, 0.15) is 49.5 Å². The summed E-state index contributed by atoms with van der Waals surface area (Å²) in [5.41, 5.74) is 0.307. The monoisotopic (exact) mass is 370 g/mol. The van der Waals surface area contributed by atoms with E-state index in [9.17, 15) is 9.90 Å². The maximum atomic E-state index is 13.0. The van der Waals surface area contributed by atoms with Crippen LogP contribution in [0.5, 0.6) is 0 Å². The summed E-state index contributed by atoms with van der Waals surface area (Å²) in [7, 11) is 0. The van der Waals surface area contributed by atoms with Gasteiger partial charge >= 0.3 is 0 Å². The first kappa shape index (κ1) is 18.2. The molecule has 3 aliphatic rings. The number of nitrogens with zero attached hydrogens (tertiary/aromatic N) is 1. The van der Waals surface area contributed by atoms with Gasteiger partial charge in [-0.3, -0.25) is 4.79 Å². The second kappa shape index (κ2) is 7.32. The van der Waals surface area contributed by atoms with Gasteiger partial charge in [0, 0.05) is 23.4 Å². The zero-order valence-electron chi connectivity index (χ0n) is 13.9. The third-order valence-corrected chi connectivity index (χ3v) is 7.09. The molecule has 0 aromatic carbocycles. The number of hydrogen-bond donors (Lipinski definition) is 2. The topological polar surface area (TPSA) is 52.6 Å². The van der Waals surface area contributed by atoms with E-state index in [1.54, 1.807) is 11.3 Å². The van der Waals surface area contributed by atoms with Crippen molar-refractivity contribution < 1.29 is 9.90 Å². The van der Waals surface area contributed by atoms with Crippen molar-refractivity contribution in [1.82, 2.24) is 10.2 Å². The molecule has 6 heteroatoms. The fraction of sp³-hybridized carbons (Fsp3) is 0.722. The van der Waals surface area contributed by atoms with Crippen LogP contribution in [0, 0.1) is 11.3 Å². The molecular formula is C18H27ClN2O2S. The molecule has 2 saturated heterocycles. The van der Waals surface area contributed by atoms with Crippen molar-refractivity contribution in [3.05, 3.63) is 22.4 Å². The molecule has 4 nitrogen and oxygen atoms in total. The number of likely N-dealkylation sites (tertiary alicyclic amines) is 1. The van der Waals surface area contributed by atoms with Crippen LogP contribution >= 0.6 is 23.7 Å². The van der Waals surface area contributed by atoms with Crippen molar-refractivity contribution in [3.8, 4) is 0 Å². The molecule has 3 atom stereocenters. The summed E-state index contributed by atoms with van der Waals surface area (Å²) in [5.74, 6) is 0.622. The van der Waals surface area contributed by atoms with Gasteiger partial charge in [-0.05, 0) is 68.5 Å². The van der Waals surface area contributed by atoms with Gasteiger partial charge < -0.3 is 15.3 Å². The molecule has 3 heterocycles. The van der Waals surface area contributed by atoms with E-state index in [1.165, 1.54) is 0 Å². The Labute approximate surface area is 154 Å². The van der Waals surface area contributed by atoms with Crippen molar-refractivity contribution in [3.63, 3.8) is 0 Å². The molecule has 0 bridgehead atoms. The maximum absolute atomic E-state index is 13.0. The molecule has 4 rings (SSSR count). The predicted octanol–water partition coefficient (Wildman–Crippen LogP) is 2.97. The molecule has 2 N–H and O–H groups in total. The smallest absolute Gasteiger partial charge is 0.226 e. The number of carbonyl (C=O) groups is 1. The molecule has 1 aromatic heterocycles. The van der Waals surface area contributed by atoms with Gasteiger partial charge in [0.25, 0.3) is 0 Å². The van der Waals surface area contributed by atoms with Crippen LogP contribution < -0.4 is 5.32 Å². The van der Waals surface area contributed by atoms with Crippen molar-refractivity contribution in [2.45, 2.75) is 50.7 Å². The summed E-state index contributed by atoms with van der Waals surface area (Å²) in [5, 5.41) is 15.8. The average molecular weight is 371 g/mol. The Kier molecular flexibility index (Phi) is 5.55. The number of nitrogens with one attached hydrogen (secondary N) is 1. The van der Waals surface area contributed by atoms with Crippen LogP contribution in [0.15, 0.2) is 17.5 Å². The van der Waals surface area contributed by atoms with Crippen LogP contribution in [0.2, 0.25) is 0 Å². The quantitative estimate of drug-likeness (QED) is 0.856. The Balaban J connectivity index is 0.00000169. The summed E-state index contributed by atoms with van der Waals surface area (Å²) in [6, 6.07) is 4.19. The lowest BCUT2D eigenvalue weighted by molar-refractivity contribution is -0.135. The molecule has 1 amide bonds. The van der Waals surface area contributed by atoms with Crippen LogP contribution in [-0.4, -0.2) is 41.6 Å². The van der Waals surface area contributed by atoms with Gasteiger partial charge in [-0.25, -0.2) is 0 Å². The molecule has 1 spiro atoms. The van der Waals surface area contributed by atoms with E-state index >= 15 is 0 Å². The molecular weight excluding hydrogens is 344 g/mol. The number of aliphatic hydroxyl groups excluding tert-OH is 1. The third-order valence-electron chi connectivity index (χ3n) is 6.11. The lowest BCUT2D eigenvalue weighted by Crippen LogP contribution is -2.39. The minimum absolute atomic E-state index is 0. The largest absolute Gasteiger partial charge is 0.387 e. The number of thiophene rings is 1. The molecule has 1 saturated carbocycles. The number of rotatable bonds is 4. The molecule has 3 unspecified atom stereocenters. The van der Waals surface area contributed by atoms with Crippen LogP contribution in [0.3, 0.4) is 0 Å². The number of hydrogen-bond acceptors (Lipinski definition) is 4. The van der Waals surface area contributed by atoms with Gasteiger partial charge in [-0.1, -0.05) is 6.07 Å². The Bertz CT molecular complexity index is 559. The van der Waals surface area contributed by atoms with Crippen LogP contribution in [-0.2, 0) is 4.79 Å². The average Bonchev–Trinajstić information content (AvgIpc) is 3.00. The van der Waals surface area contributed by atoms with E-state index in [-0.39, 0.29) is 24.4 Å². The van der Waals surface area contributed by atoms with E-state index in [4.69, 9.17) is 0 Å². The summed E-state index contributed by atoms with van der Waals surface area (Å²) in [6.07, 6.45) is 5.77. The number of piperidine rings is 1. The highest BCUT2D eigenvalue weighted by molar-refractivity contribution is 7.10. The Morgan fingerprint density at radius 1 is 1.46 bits per heavy atom. The Morgan fingerprint density at radius 3 is 2.96 bits per heavy atom. The van der Waals surface area contributed by atoms with E-state index in [0.717, 1.165) is 56.6 Å². The minimum Gasteiger partial charge on any atom is -0.387 e. The Hall–Kier alpha value is -0.620. The molecule has 2 aliphatic heterocycles. The Morgan fingerprint density at radius 2 is 2.25 bits per heavy atom. The number of amides is 1. The lowest BCUT2D eigenvalue weighted by Gasteiger charge is -2.29. The molecule has 134 valence electrons. The van der Waals surface area contributed by atoms with Crippen molar-refractivity contribution in [2.24, 2.45) is 11.3 Å². The highest BCUT2D eigenvalue weighted by Gasteiger charge is 2.59. The maximum Gasteiger partial charge on any atom is 0.226 e. The first-order valence-corrected chi connectivity index (χ1v) is 9.80. The second-order valence-electron chi connectivity index (χ2n) is 7.46. The molecule has 0 radical (unpaired) electrons. The number of aliphatic hydroxyl groups is 1. The lowest BCUT2D eigenvalue weighted by atomic mass is 9.91. The van der Waals surface area contributed by atoms with E-state index in [2.05, 4.69) is 10.2 Å². The molecule has 1 aliphatic carbocycles. The van der Waals surface area contributed by atoms with E-state index < -0.39 is 6.10 Å². The van der Waals surface area contributed by atoms with E-state index in [1.807, 2.05) is 17.5 Å². The summed E-state index contributed by atoms with van der Waals surface area (Å²) >= 11 is 1.60. The minimum atomic E-state index is -0.430. The summed E-state index contributed by atoms with van der Waals surface area (Å²) in [6.45, 7) is 3.00. The van der Waals surface area contributed by atoms with Crippen molar-refractivity contribution in [2.75, 3.05) is 19.6 Å². The highest BCUT2D eigenvalue weighted by atomic mass is 35.5. The van der Waals surface area contributed by atoms with Gasteiger partial charge in [0.05, 0.1) is 6.10 Å². The van der Waals surface area contributed by atoms with Gasteiger partial charge in [-0.2, -0.15) is 0 Å². The summed E-state index contributed by atoms with van der Waals surface area (Å²) < 4.78 is 0. The molecule has 3 fully saturated rings. The standard InChI is InChI=1S/C18H26N2O2S.ClH/c21-15(16-4-2-10-23-16)11-13-3-1-9-20(13)17(22)14-12-18(14)5-7-19-8-6-18;/h2,4,10,13-15,19,21H,1,3,5-9,11-12H2;1H. The third kappa shape index (κ3) is 3.36. The van der Waals surface area contributed by atoms with Gasteiger partial charge in [0.1, 0.15) is 0 Å². The van der Waals surface area contributed by atoms with E-state index in [0.29, 0.717) is 17.7 Å². The SMILES string of the molecule is Cl.O=C(C1CC12CCNCC2)N1CCCC1CC(O)c1cccs1. The second-order valence-corrected chi connectivity index (χ2v) is 8.44. The normalized spacial score (nSPS) is 29.3. The zero-order valence-corrected chi connectivity index (χ0v) is 15.6. The molecule has 1 aromatic rings. The van der Waals surface area contributed by atoms with Gasteiger partial charge in [0.15, 0.2) is 0 Å². The summed E-state index contributed by atoms with van der Waals surface area (Å²) in [4.78, 5) is 16.1. The number of carbonyl (C=O) groups excluding carboxylic acids is 1.